The Bertz CT molecular complexity index is 731. The average molecular weight is 348 g/mol. The molecular formula is C24H28O2. The molecule has 26 heavy (non-hydrogen) atoms. The Morgan fingerprint density at radius 2 is 1.69 bits per heavy atom. The zero-order chi connectivity index (χ0) is 18.2. The summed E-state index contributed by atoms with van der Waals surface area (Å²) in [4.78, 5) is 0. The van der Waals surface area contributed by atoms with Crippen LogP contribution in [-0.2, 0) is 16.1 Å². The third-order valence-electron chi connectivity index (χ3n) is 4.80. The highest BCUT2D eigenvalue weighted by atomic mass is 16.5. The van der Waals surface area contributed by atoms with Gasteiger partial charge in [-0.05, 0) is 35.6 Å². The van der Waals surface area contributed by atoms with Crippen molar-refractivity contribution in [2.45, 2.75) is 45.5 Å². The molecule has 0 fully saturated rings. The number of benzene rings is 2. The predicted octanol–water partition coefficient (Wildman–Crippen LogP) is 6.02. The summed E-state index contributed by atoms with van der Waals surface area (Å²) in [6.07, 6.45) is 6.47. The van der Waals surface area contributed by atoms with Crippen LogP contribution in [0.3, 0.4) is 0 Å². The first-order chi connectivity index (χ1) is 12.8. The van der Waals surface area contributed by atoms with Gasteiger partial charge in [-0.1, -0.05) is 79.7 Å². The van der Waals surface area contributed by atoms with Crippen LogP contribution < -0.4 is 0 Å². The Balaban J connectivity index is 1.63. The molecule has 2 atom stereocenters. The molecule has 1 heterocycles. The summed E-state index contributed by atoms with van der Waals surface area (Å²) in [6.45, 7) is 5.66. The minimum atomic E-state index is 0.0141. The molecule has 1 aliphatic rings. The lowest BCUT2D eigenvalue weighted by molar-refractivity contribution is 0.00192. The first-order valence-electron chi connectivity index (χ1n) is 9.51. The van der Waals surface area contributed by atoms with Gasteiger partial charge in [0, 0.05) is 13.0 Å². The fraction of sp³-hybridized carbons (Fsp3) is 0.333. The number of allylic oxidation sites excluding steroid dienone is 1. The van der Waals surface area contributed by atoms with Crippen molar-refractivity contribution in [2.75, 3.05) is 6.61 Å². The molecule has 2 aromatic carbocycles. The molecule has 0 radical (unpaired) electrons. The highest BCUT2D eigenvalue weighted by Crippen LogP contribution is 2.38. The van der Waals surface area contributed by atoms with Crippen LogP contribution in [0.5, 0.6) is 0 Å². The number of hydrogen-bond donors (Lipinski definition) is 0. The van der Waals surface area contributed by atoms with E-state index in [4.69, 9.17) is 9.47 Å². The first-order valence-corrected chi connectivity index (χ1v) is 9.51. The molecule has 3 rings (SSSR count). The maximum Gasteiger partial charge on any atom is 0.108 e. The Morgan fingerprint density at radius 3 is 2.35 bits per heavy atom. The van der Waals surface area contributed by atoms with Gasteiger partial charge in [0.05, 0.1) is 12.7 Å². The van der Waals surface area contributed by atoms with Crippen molar-refractivity contribution in [3.05, 3.63) is 95.1 Å². The van der Waals surface area contributed by atoms with Crippen molar-refractivity contribution in [3.8, 4) is 0 Å². The van der Waals surface area contributed by atoms with Crippen LogP contribution >= 0.6 is 0 Å². The van der Waals surface area contributed by atoms with Gasteiger partial charge in [-0.15, -0.1) is 0 Å². The monoisotopic (exact) mass is 348 g/mol. The minimum absolute atomic E-state index is 0.0141. The topological polar surface area (TPSA) is 18.5 Å². The summed E-state index contributed by atoms with van der Waals surface area (Å²) in [7, 11) is 0. The summed E-state index contributed by atoms with van der Waals surface area (Å²) in [6, 6.07) is 20.8. The molecule has 0 saturated carbocycles. The Hall–Kier alpha value is -2.16. The molecule has 136 valence electrons. The summed E-state index contributed by atoms with van der Waals surface area (Å²) in [5.74, 6) is 0. The van der Waals surface area contributed by atoms with E-state index in [0.717, 1.165) is 12.8 Å². The second-order valence-corrected chi connectivity index (χ2v) is 6.58. The van der Waals surface area contributed by atoms with E-state index < -0.39 is 0 Å². The van der Waals surface area contributed by atoms with Gasteiger partial charge in [-0.2, -0.15) is 0 Å². The van der Waals surface area contributed by atoms with Crippen molar-refractivity contribution < 1.29 is 9.47 Å². The summed E-state index contributed by atoms with van der Waals surface area (Å²) < 4.78 is 12.3. The van der Waals surface area contributed by atoms with Gasteiger partial charge in [-0.25, -0.2) is 0 Å². The van der Waals surface area contributed by atoms with E-state index in [1.807, 2.05) is 24.3 Å². The summed E-state index contributed by atoms with van der Waals surface area (Å²) >= 11 is 0. The lowest BCUT2D eigenvalue weighted by Gasteiger charge is -2.32. The van der Waals surface area contributed by atoms with Crippen LogP contribution in [0.25, 0.3) is 0 Å². The third kappa shape index (κ3) is 4.72. The molecule has 0 bridgehead atoms. The van der Waals surface area contributed by atoms with E-state index in [2.05, 4.69) is 62.4 Å². The van der Waals surface area contributed by atoms with Gasteiger partial charge < -0.3 is 9.47 Å². The van der Waals surface area contributed by atoms with Gasteiger partial charge in [0.15, 0.2) is 0 Å². The van der Waals surface area contributed by atoms with Gasteiger partial charge in [0.2, 0.25) is 0 Å². The second kappa shape index (κ2) is 9.51. The average Bonchev–Trinajstić information content (AvgIpc) is 2.72. The van der Waals surface area contributed by atoms with E-state index in [1.54, 1.807) is 0 Å². The quantitative estimate of drug-likeness (QED) is 0.570. The van der Waals surface area contributed by atoms with Crippen molar-refractivity contribution in [2.24, 2.45) is 0 Å². The lowest BCUT2D eigenvalue weighted by Crippen LogP contribution is -2.24. The highest BCUT2D eigenvalue weighted by Gasteiger charge is 2.27. The highest BCUT2D eigenvalue weighted by molar-refractivity contribution is 5.41. The molecule has 0 aromatic heterocycles. The van der Waals surface area contributed by atoms with Gasteiger partial charge in [0.25, 0.3) is 0 Å². The molecule has 0 aliphatic carbocycles. The molecule has 2 nitrogen and oxygen atoms in total. The summed E-state index contributed by atoms with van der Waals surface area (Å²) in [5.41, 5.74) is 5.11. The molecule has 1 aliphatic heterocycles. The van der Waals surface area contributed by atoms with Crippen molar-refractivity contribution in [3.63, 3.8) is 0 Å². The van der Waals surface area contributed by atoms with Gasteiger partial charge in [-0.3, -0.25) is 0 Å². The van der Waals surface area contributed by atoms with Crippen LogP contribution in [0.2, 0.25) is 0 Å². The molecular weight excluding hydrogens is 320 g/mol. The van der Waals surface area contributed by atoms with Crippen LogP contribution in [0.1, 0.15) is 43.9 Å². The third-order valence-corrected chi connectivity index (χ3v) is 4.80. The van der Waals surface area contributed by atoms with E-state index in [9.17, 15) is 0 Å². The Kier molecular flexibility index (Phi) is 6.82. The van der Waals surface area contributed by atoms with Crippen molar-refractivity contribution in [1.29, 1.82) is 0 Å². The van der Waals surface area contributed by atoms with Crippen LogP contribution in [0, 0.1) is 0 Å². The zero-order valence-corrected chi connectivity index (χ0v) is 15.7. The fourth-order valence-corrected chi connectivity index (χ4v) is 3.44. The van der Waals surface area contributed by atoms with Gasteiger partial charge in [0.1, 0.15) is 6.10 Å². The standard InChI is InChI=1S/C24H28O2/c1-3-20-17-22(15-16-25-18-19-11-7-5-8-12-19)26-24(23(20)4-2)21-13-9-6-10-14-21/h4-14,17,22,24H,3,15-16,18H2,1-2H3/b23-4+/t22-,24+/m0/s1. The van der Waals surface area contributed by atoms with Crippen molar-refractivity contribution >= 4 is 0 Å². The molecule has 0 unspecified atom stereocenters. The maximum atomic E-state index is 6.44. The van der Waals surface area contributed by atoms with E-state index >= 15 is 0 Å². The molecule has 0 amide bonds. The molecule has 0 spiro atoms. The maximum absolute atomic E-state index is 6.44. The molecule has 2 aromatic rings. The molecule has 0 N–H and O–H groups in total. The predicted molar refractivity (Wildman–Crippen MR) is 107 cm³/mol. The van der Waals surface area contributed by atoms with Crippen LogP contribution in [0.15, 0.2) is 84.0 Å². The van der Waals surface area contributed by atoms with E-state index in [0.29, 0.717) is 13.2 Å². The number of rotatable bonds is 7. The number of hydrogen-bond acceptors (Lipinski definition) is 2. The minimum Gasteiger partial charge on any atom is -0.377 e. The molecule has 2 heteroatoms. The van der Waals surface area contributed by atoms with Crippen molar-refractivity contribution in [1.82, 2.24) is 0 Å². The Morgan fingerprint density at radius 1 is 1.00 bits per heavy atom. The smallest absolute Gasteiger partial charge is 0.108 e. The van der Waals surface area contributed by atoms with Crippen LogP contribution in [0.4, 0.5) is 0 Å². The largest absolute Gasteiger partial charge is 0.377 e. The first kappa shape index (κ1) is 18.6. The normalized spacial score (nSPS) is 21.6. The summed E-state index contributed by atoms with van der Waals surface area (Å²) in [5, 5.41) is 0. The zero-order valence-electron chi connectivity index (χ0n) is 15.7. The van der Waals surface area contributed by atoms with E-state index in [1.165, 1.54) is 22.3 Å². The molecule has 0 saturated heterocycles. The second-order valence-electron chi connectivity index (χ2n) is 6.58. The fourth-order valence-electron chi connectivity index (χ4n) is 3.44. The van der Waals surface area contributed by atoms with Crippen LogP contribution in [-0.4, -0.2) is 12.7 Å². The Labute approximate surface area is 157 Å². The van der Waals surface area contributed by atoms with Gasteiger partial charge >= 0.3 is 0 Å². The number of ether oxygens (including phenoxy) is 2. The lowest BCUT2D eigenvalue weighted by atomic mass is 9.89. The SMILES string of the molecule is C/C=C1\C(CC)=C[C@H](CCOCc2ccccc2)O[C@@H]1c1ccccc1. The van der Waals surface area contributed by atoms with E-state index in [-0.39, 0.29) is 12.2 Å².